The molecule has 4 aromatic carbocycles. The Morgan fingerprint density at radius 2 is 1.39 bits per heavy atom. The molecule has 0 amide bonds. The maximum atomic E-state index is 13.3. The minimum atomic E-state index is -0.393. The van der Waals surface area contributed by atoms with Crippen molar-refractivity contribution >= 4 is 44.4 Å². The number of Topliss-reactive ketones (excluding diaryl/α,β-unsaturated/α-hetero) is 1. The summed E-state index contributed by atoms with van der Waals surface area (Å²) < 4.78 is 0. The summed E-state index contributed by atoms with van der Waals surface area (Å²) in [7, 11) is 0. The molecule has 0 bridgehead atoms. The second kappa shape index (κ2) is 7.55. The number of aliphatic hydroxyl groups is 1. The molecule has 0 saturated carbocycles. The van der Waals surface area contributed by atoms with Crippen molar-refractivity contribution in [3.05, 3.63) is 119 Å². The minimum absolute atomic E-state index is 0.0280. The summed E-state index contributed by atoms with van der Waals surface area (Å²) in [5.41, 5.74) is 5.91. The zero-order chi connectivity index (χ0) is 26.4. The summed E-state index contributed by atoms with van der Waals surface area (Å²) in [6.07, 6.45) is 3.58. The highest BCUT2D eigenvalue weighted by molar-refractivity contribution is 6.25. The van der Waals surface area contributed by atoms with Crippen LogP contribution in [0.3, 0.4) is 0 Å². The first-order chi connectivity index (χ1) is 18.2. The number of aliphatic imine (C=N–C) groups is 1. The molecule has 4 aromatic rings. The number of hydrogen-bond donors (Lipinski definition) is 2. The summed E-state index contributed by atoms with van der Waals surface area (Å²) in [5.74, 6) is -0.132. The fourth-order valence-electron chi connectivity index (χ4n) is 6.31. The predicted octanol–water partition coefficient (Wildman–Crippen LogP) is 7.97. The minimum Gasteiger partial charge on any atom is -0.506 e. The lowest BCUT2D eigenvalue weighted by atomic mass is 9.76. The summed E-state index contributed by atoms with van der Waals surface area (Å²) in [5, 5.41) is 19.3. The lowest BCUT2D eigenvalue weighted by Gasteiger charge is -2.26. The second-order valence-electron chi connectivity index (χ2n) is 11.5. The number of nitrogens with zero attached hydrogens (tertiary/aromatic N) is 1. The van der Waals surface area contributed by atoms with E-state index < -0.39 is 5.41 Å². The van der Waals surface area contributed by atoms with Gasteiger partial charge in [-0.1, -0.05) is 88.4 Å². The van der Waals surface area contributed by atoms with Crippen molar-refractivity contribution in [2.45, 2.75) is 38.5 Å². The number of aliphatic hydroxyl groups excluding tert-OH is 1. The number of ketones is 1. The molecule has 1 aliphatic carbocycles. The van der Waals surface area contributed by atoms with Gasteiger partial charge in [0, 0.05) is 22.2 Å². The number of allylic oxidation sites excluding steroid dienone is 5. The van der Waals surface area contributed by atoms with E-state index in [-0.39, 0.29) is 17.0 Å². The zero-order valence-corrected chi connectivity index (χ0v) is 21.9. The second-order valence-corrected chi connectivity index (χ2v) is 11.5. The SMILES string of the molecule is CC1(C)C(/C=C2\C(=O)C(/C=C3/Nc4ccc5ccccc5c4C3(C)C)=C2O)=Nc2ccc3ccccc3c21. The van der Waals surface area contributed by atoms with Crippen LogP contribution in [0.1, 0.15) is 38.8 Å². The van der Waals surface area contributed by atoms with Gasteiger partial charge < -0.3 is 10.4 Å². The average molecular weight is 497 g/mol. The number of carbonyl (C=O) groups is 1. The van der Waals surface area contributed by atoms with Gasteiger partial charge in [-0.2, -0.15) is 0 Å². The van der Waals surface area contributed by atoms with Crippen molar-refractivity contribution in [3.63, 3.8) is 0 Å². The summed E-state index contributed by atoms with van der Waals surface area (Å²) in [6.45, 7) is 8.55. The number of nitrogens with one attached hydrogen (secondary N) is 1. The molecule has 0 aromatic heterocycles. The first-order valence-electron chi connectivity index (χ1n) is 13.0. The summed E-state index contributed by atoms with van der Waals surface area (Å²) in [6, 6.07) is 25.0. The van der Waals surface area contributed by atoms with Crippen LogP contribution in [0.25, 0.3) is 21.5 Å². The maximum Gasteiger partial charge on any atom is 0.200 e. The van der Waals surface area contributed by atoms with Crippen LogP contribution < -0.4 is 5.32 Å². The van der Waals surface area contributed by atoms with Crippen LogP contribution in [0.2, 0.25) is 0 Å². The molecule has 0 radical (unpaired) electrons. The van der Waals surface area contributed by atoms with Crippen LogP contribution in [-0.2, 0) is 15.6 Å². The quantitative estimate of drug-likeness (QED) is 0.277. The van der Waals surface area contributed by atoms with E-state index in [1.807, 2.05) is 30.3 Å². The standard InChI is InChI=1S/C34H28N2O2/c1-33(2)27(35-25-15-13-19-9-5-7-11-21(19)29(25)33)17-23-31(37)24(32(23)38)18-28-34(3,4)30-22-12-8-6-10-20(22)14-16-26(30)36-28/h5-18,35,37H,1-4H3/b24-18-,27-17+. The van der Waals surface area contributed by atoms with Gasteiger partial charge in [0.2, 0.25) is 5.78 Å². The lowest BCUT2D eigenvalue weighted by molar-refractivity contribution is -0.113. The van der Waals surface area contributed by atoms with Gasteiger partial charge in [0.25, 0.3) is 0 Å². The van der Waals surface area contributed by atoms with Crippen molar-refractivity contribution in [1.82, 2.24) is 0 Å². The fourth-order valence-corrected chi connectivity index (χ4v) is 6.31. The number of benzene rings is 4. The Labute approximate surface area is 221 Å². The molecule has 0 atom stereocenters. The van der Waals surface area contributed by atoms with Gasteiger partial charge in [-0.25, -0.2) is 0 Å². The Morgan fingerprint density at radius 1 is 0.763 bits per heavy atom. The molecule has 2 heterocycles. The molecule has 186 valence electrons. The number of fused-ring (bicyclic) bond motifs is 6. The van der Waals surface area contributed by atoms with Crippen molar-refractivity contribution in [2.75, 3.05) is 5.32 Å². The fraction of sp³-hybridized carbons (Fsp3) is 0.176. The average Bonchev–Trinajstić information content (AvgIpc) is 3.33. The van der Waals surface area contributed by atoms with Crippen molar-refractivity contribution in [3.8, 4) is 0 Å². The molecule has 4 nitrogen and oxygen atoms in total. The van der Waals surface area contributed by atoms with Crippen LogP contribution in [0.4, 0.5) is 11.4 Å². The number of hydrogen-bond acceptors (Lipinski definition) is 4. The van der Waals surface area contributed by atoms with Crippen LogP contribution in [-0.4, -0.2) is 16.6 Å². The van der Waals surface area contributed by atoms with E-state index in [0.29, 0.717) is 11.1 Å². The van der Waals surface area contributed by atoms with Gasteiger partial charge in [0.05, 0.1) is 22.5 Å². The van der Waals surface area contributed by atoms with E-state index in [1.54, 1.807) is 6.08 Å². The highest BCUT2D eigenvalue weighted by Crippen LogP contribution is 2.49. The highest BCUT2D eigenvalue weighted by Gasteiger charge is 2.41. The topological polar surface area (TPSA) is 61.7 Å². The third-order valence-corrected chi connectivity index (χ3v) is 8.48. The first-order valence-corrected chi connectivity index (χ1v) is 13.0. The zero-order valence-electron chi connectivity index (χ0n) is 21.9. The lowest BCUT2D eigenvalue weighted by Crippen LogP contribution is -2.28. The van der Waals surface area contributed by atoms with E-state index in [4.69, 9.17) is 4.99 Å². The van der Waals surface area contributed by atoms with Crippen LogP contribution in [0.5, 0.6) is 0 Å². The Balaban J connectivity index is 1.26. The molecule has 0 unspecified atom stereocenters. The van der Waals surface area contributed by atoms with Gasteiger partial charge in [-0.3, -0.25) is 9.79 Å². The Morgan fingerprint density at radius 3 is 2.08 bits per heavy atom. The van der Waals surface area contributed by atoms with Crippen LogP contribution in [0, 0.1) is 0 Å². The van der Waals surface area contributed by atoms with Crippen molar-refractivity contribution < 1.29 is 9.90 Å². The molecular formula is C34H28N2O2. The van der Waals surface area contributed by atoms with Gasteiger partial charge in [0.15, 0.2) is 0 Å². The van der Waals surface area contributed by atoms with Crippen molar-refractivity contribution in [1.29, 1.82) is 0 Å². The third kappa shape index (κ3) is 2.97. The van der Waals surface area contributed by atoms with Gasteiger partial charge in [-0.05, 0) is 57.0 Å². The molecule has 7 rings (SSSR count). The van der Waals surface area contributed by atoms with Gasteiger partial charge in [-0.15, -0.1) is 0 Å². The molecule has 3 aliphatic rings. The van der Waals surface area contributed by atoms with Crippen LogP contribution >= 0.6 is 0 Å². The molecule has 0 spiro atoms. The van der Waals surface area contributed by atoms with Gasteiger partial charge >= 0.3 is 0 Å². The Hall–Kier alpha value is -4.44. The van der Waals surface area contributed by atoms with Crippen molar-refractivity contribution in [2.24, 2.45) is 4.99 Å². The van der Waals surface area contributed by atoms with Crippen LogP contribution in [0.15, 0.2) is 113 Å². The molecule has 38 heavy (non-hydrogen) atoms. The summed E-state index contributed by atoms with van der Waals surface area (Å²) >= 11 is 0. The number of anilines is 1. The molecule has 2 aliphatic heterocycles. The number of rotatable bonds is 2. The van der Waals surface area contributed by atoms with Gasteiger partial charge in [0.1, 0.15) is 5.76 Å². The van der Waals surface area contributed by atoms with E-state index in [1.165, 1.54) is 27.1 Å². The maximum absolute atomic E-state index is 13.3. The third-order valence-electron chi connectivity index (χ3n) is 8.48. The Kier molecular flexibility index (Phi) is 4.51. The molecule has 2 N–H and O–H groups in total. The summed E-state index contributed by atoms with van der Waals surface area (Å²) in [4.78, 5) is 18.2. The number of carbonyl (C=O) groups excluding carboxylic acids is 1. The normalized spacial score (nSPS) is 21.1. The molecule has 0 fully saturated rings. The van der Waals surface area contributed by atoms with E-state index in [0.717, 1.165) is 28.3 Å². The molecule has 4 heteroatoms. The predicted molar refractivity (Wildman–Crippen MR) is 155 cm³/mol. The van der Waals surface area contributed by atoms with E-state index >= 15 is 0 Å². The first kappa shape index (κ1) is 22.7. The largest absolute Gasteiger partial charge is 0.506 e. The van der Waals surface area contributed by atoms with E-state index in [9.17, 15) is 9.90 Å². The highest BCUT2D eigenvalue weighted by atomic mass is 16.3. The molecular weight excluding hydrogens is 468 g/mol. The van der Waals surface area contributed by atoms with E-state index in [2.05, 4.69) is 81.5 Å². The molecule has 0 saturated heterocycles. The Bertz CT molecular complexity index is 1860. The smallest absolute Gasteiger partial charge is 0.200 e. The monoisotopic (exact) mass is 496 g/mol.